The Hall–Kier alpha value is -2.71. The molecule has 3 aromatic rings. The van der Waals surface area contributed by atoms with Gasteiger partial charge in [0.25, 0.3) is 5.91 Å². The van der Waals surface area contributed by atoms with Crippen LogP contribution >= 0.6 is 23.1 Å². The van der Waals surface area contributed by atoms with Gasteiger partial charge in [0.1, 0.15) is 5.69 Å². The summed E-state index contributed by atoms with van der Waals surface area (Å²) >= 11 is 2.74. The second-order valence-corrected chi connectivity index (χ2v) is 9.68. The molecule has 0 unspecified atom stereocenters. The maximum atomic E-state index is 12.9. The Kier molecular flexibility index (Phi) is 7.90. The summed E-state index contributed by atoms with van der Waals surface area (Å²) in [5.74, 6) is 0.663. The van der Waals surface area contributed by atoms with Gasteiger partial charge in [-0.05, 0) is 43.0 Å². The maximum Gasteiger partial charge on any atom is 0.258 e. The van der Waals surface area contributed by atoms with E-state index in [-0.39, 0.29) is 17.6 Å². The lowest BCUT2D eigenvalue weighted by atomic mass is 9.89. The van der Waals surface area contributed by atoms with E-state index < -0.39 is 0 Å². The summed E-state index contributed by atoms with van der Waals surface area (Å²) < 4.78 is 0. The molecule has 1 aromatic carbocycles. The number of rotatable bonds is 8. The minimum absolute atomic E-state index is 0.00992. The van der Waals surface area contributed by atoms with E-state index in [4.69, 9.17) is 0 Å². The van der Waals surface area contributed by atoms with Gasteiger partial charge in [-0.25, -0.2) is 4.98 Å². The number of nitrogens with one attached hydrogen (secondary N) is 2. The highest BCUT2D eigenvalue weighted by Crippen LogP contribution is 2.27. The minimum Gasteiger partial charge on any atom is -0.355 e. The van der Waals surface area contributed by atoms with Crippen molar-refractivity contribution in [1.82, 2.24) is 15.3 Å². The third kappa shape index (κ3) is 6.17. The van der Waals surface area contributed by atoms with Crippen LogP contribution in [0.2, 0.25) is 0 Å². The molecule has 6 nitrogen and oxygen atoms in total. The van der Waals surface area contributed by atoms with E-state index in [0.717, 1.165) is 22.8 Å². The van der Waals surface area contributed by atoms with Gasteiger partial charge in [-0.15, -0.1) is 23.1 Å². The fraction of sp³-hybridized carbons (Fsp3) is 0.333. The molecule has 2 amide bonds. The van der Waals surface area contributed by atoms with Gasteiger partial charge in [0.15, 0.2) is 5.13 Å². The summed E-state index contributed by atoms with van der Waals surface area (Å²) in [5, 5.41) is 8.31. The van der Waals surface area contributed by atoms with E-state index in [1.807, 2.05) is 41.8 Å². The molecule has 0 aliphatic heterocycles. The van der Waals surface area contributed by atoms with Gasteiger partial charge < -0.3 is 5.32 Å². The van der Waals surface area contributed by atoms with Gasteiger partial charge in [-0.3, -0.25) is 19.9 Å². The quantitative estimate of drug-likeness (QED) is 0.443. The molecule has 1 aliphatic rings. The molecule has 0 radical (unpaired) electrons. The molecule has 1 saturated carbocycles. The lowest BCUT2D eigenvalue weighted by Crippen LogP contribution is -2.31. The molecule has 0 atom stereocenters. The Labute approximate surface area is 196 Å². The Balaban J connectivity index is 1.33. The highest BCUT2D eigenvalue weighted by molar-refractivity contribution is 8.00. The normalized spacial score (nSPS) is 14.1. The van der Waals surface area contributed by atoms with E-state index in [1.54, 1.807) is 12.3 Å². The first-order valence-electron chi connectivity index (χ1n) is 10.9. The average Bonchev–Trinajstić information content (AvgIpc) is 3.31. The van der Waals surface area contributed by atoms with Gasteiger partial charge >= 0.3 is 0 Å². The van der Waals surface area contributed by atoms with Crippen molar-refractivity contribution in [3.63, 3.8) is 0 Å². The maximum absolute atomic E-state index is 12.9. The highest BCUT2D eigenvalue weighted by Gasteiger charge is 2.17. The smallest absolute Gasteiger partial charge is 0.258 e. The van der Waals surface area contributed by atoms with Crippen molar-refractivity contribution in [2.45, 2.75) is 37.0 Å². The predicted molar refractivity (Wildman–Crippen MR) is 130 cm³/mol. The summed E-state index contributed by atoms with van der Waals surface area (Å²) in [6.45, 7) is 0.754. The molecule has 0 bridgehead atoms. The first kappa shape index (κ1) is 22.5. The van der Waals surface area contributed by atoms with Gasteiger partial charge in [-0.1, -0.05) is 37.5 Å². The van der Waals surface area contributed by atoms with Gasteiger partial charge in [0, 0.05) is 23.0 Å². The second-order valence-electron chi connectivity index (χ2n) is 7.80. The molecule has 2 aromatic heterocycles. The summed E-state index contributed by atoms with van der Waals surface area (Å²) in [7, 11) is 0. The molecule has 4 rings (SSSR count). The van der Waals surface area contributed by atoms with E-state index in [2.05, 4.69) is 20.6 Å². The number of aromatic nitrogens is 2. The number of hydrogen-bond donors (Lipinski definition) is 2. The summed E-state index contributed by atoms with van der Waals surface area (Å²) in [5.41, 5.74) is 2.02. The van der Waals surface area contributed by atoms with Crippen molar-refractivity contribution in [2.24, 2.45) is 5.92 Å². The van der Waals surface area contributed by atoms with Crippen molar-refractivity contribution in [1.29, 1.82) is 0 Å². The first-order chi connectivity index (χ1) is 15.7. The number of benzene rings is 1. The predicted octanol–water partition coefficient (Wildman–Crippen LogP) is 5.25. The average molecular weight is 467 g/mol. The van der Waals surface area contributed by atoms with Gasteiger partial charge in [-0.2, -0.15) is 0 Å². The SMILES string of the molecule is O=C(CSc1ccccc1C(=O)Nc1nc(-c2ccccn2)cs1)NCC1CCCCC1. The summed E-state index contributed by atoms with van der Waals surface area (Å²) in [4.78, 5) is 34.7. The van der Waals surface area contributed by atoms with Gasteiger partial charge in [0.2, 0.25) is 5.91 Å². The van der Waals surface area contributed by atoms with Crippen LogP contribution in [0.3, 0.4) is 0 Å². The van der Waals surface area contributed by atoms with Crippen LogP contribution < -0.4 is 10.6 Å². The van der Waals surface area contributed by atoms with Crippen molar-refractivity contribution in [3.8, 4) is 11.4 Å². The van der Waals surface area contributed by atoms with E-state index in [9.17, 15) is 9.59 Å². The van der Waals surface area contributed by atoms with E-state index in [0.29, 0.717) is 16.6 Å². The van der Waals surface area contributed by atoms with E-state index in [1.165, 1.54) is 55.2 Å². The van der Waals surface area contributed by atoms with E-state index >= 15 is 0 Å². The van der Waals surface area contributed by atoms with Crippen LogP contribution in [0.1, 0.15) is 42.5 Å². The first-order valence-corrected chi connectivity index (χ1v) is 12.7. The Morgan fingerprint density at radius 2 is 1.84 bits per heavy atom. The molecule has 32 heavy (non-hydrogen) atoms. The monoisotopic (exact) mass is 466 g/mol. The third-order valence-electron chi connectivity index (χ3n) is 5.46. The van der Waals surface area contributed by atoms with Crippen molar-refractivity contribution in [3.05, 3.63) is 59.6 Å². The minimum atomic E-state index is -0.238. The number of thiazole rings is 1. The van der Waals surface area contributed by atoms with Gasteiger partial charge in [0.05, 0.1) is 17.0 Å². The number of carbonyl (C=O) groups excluding carboxylic acids is 2. The number of nitrogens with zero attached hydrogens (tertiary/aromatic N) is 2. The number of hydrogen-bond acceptors (Lipinski definition) is 6. The zero-order valence-electron chi connectivity index (χ0n) is 17.8. The fourth-order valence-corrected chi connectivity index (χ4v) is 5.33. The summed E-state index contributed by atoms with van der Waals surface area (Å²) in [6, 6.07) is 13.0. The van der Waals surface area contributed by atoms with Crippen molar-refractivity contribution >= 4 is 40.0 Å². The number of pyridine rings is 1. The number of anilines is 1. The van der Waals surface area contributed by atoms with Crippen LogP contribution in [0.25, 0.3) is 11.4 Å². The zero-order valence-corrected chi connectivity index (χ0v) is 19.4. The molecule has 0 spiro atoms. The fourth-order valence-electron chi connectivity index (χ4n) is 3.75. The molecule has 8 heteroatoms. The van der Waals surface area contributed by atoms with Crippen LogP contribution in [0.5, 0.6) is 0 Å². The molecule has 2 heterocycles. The van der Waals surface area contributed by atoms with Crippen LogP contribution in [0.15, 0.2) is 58.9 Å². The Bertz CT molecular complexity index is 1050. The molecular formula is C24H26N4O2S2. The molecule has 1 fully saturated rings. The topological polar surface area (TPSA) is 84.0 Å². The molecule has 2 N–H and O–H groups in total. The van der Waals surface area contributed by atoms with Crippen LogP contribution in [-0.2, 0) is 4.79 Å². The lowest BCUT2D eigenvalue weighted by Gasteiger charge is -2.21. The lowest BCUT2D eigenvalue weighted by molar-refractivity contribution is -0.118. The highest BCUT2D eigenvalue weighted by atomic mass is 32.2. The van der Waals surface area contributed by atoms with Crippen molar-refractivity contribution in [2.75, 3.05) is 17.6 Å². The largest absolute Gasteiger partial charge is 0.355 e. The number of amides is 2. The Morgan fingerprint density at radius 1 is 1.03 bits per heavy atom. The standard InChI is InChI=1S/C24H26N4O2S2/c29-22(26-14-17-8-2-1-3-9-17)16-31-21-12-5-4-10-18(21)23(30)28-24-27-20(15-32-24)19-11-6-7-13-25-19/h4-7,10-13,15,17H,1-3,8-9,14,16H2,(H,26,29)(H,27,28,30). The van der Waals surface area contributed by atoms with Crippen LogP contribution in [0.4, 0.5) is 5.13 Å². The summed E-state index contributed by atoms with van der Waals surface area (Å²) in [6.07, 6.45) is 7.96. The number of thioether (sulfide) groups is 1. The molecule has 166 valence electrons. The van der Waals surface area contributed by atoms with Crippen LogP contribution in [0, 0.1) is 5.92 Å². The molecule has 0 saturated heterocycles. The zero-order chi connectivity index (χ0) is 22.2. The van der Waals surface area contributed by atoms with Crippen LogP contribution in [-0.4, -0.2) is 34.1 Å². The van der Waals surface area contributed by atoms with Crippen molar-refractivity contribution < 1.29 is 9.59 Å². The Morgan fingerprint density at radius 3 is 2.66 bits per heavy atom. The third-order valence-corrected chi connectivity index (χ3v) is 7.29. The number of carbonyl (C=O) groups is 2. The molecular weight excluding hydrogens is 440 g/mol. The molecule has 1 aliphatic carbocycles. The second kappa shape index (κ2) is 11.2.